The van der Waals surface area contributed by atoms with Crippen molar-refractivity contribution in [3.63, 3.8) is 0 Å². The topological polar surface area (TPSA) is 64.1 Å². The van der Waals surface area contributed by atoms with E-state index in [-0.39, 0.29) is 30.1 Å². The van der Waals surface area contributed by atoms with Gasteiger partial charge < -0.3 is 24.8 Å². The second-order valence-electron chi connectivity index (χ2n) is 6.63. The van der Waals surface area contributed by atoms with Crippen molar-refractivity contribution >= 4 is 29.9 Å². The average Bonchev–Trinajstić information content (AvgIpc) is 3.25. The second-order valence-corrected chi connectivity index (χ2v) is 6.63. The first kappa shape index (κ1) is 23.4. The Morgan fingerprint density at radius 1 is 1.10 bits per heavy atom. The number of guanidine groups is 1. The molecule has 6 nitrogen and oxygen atoms in total. The minimum absolute atomic E-state index is 0. The predicted molar refractivity (Wildman–Crippen MR) is 126 cm³/mol. The number of nitrogens with one attached hydrogen (secondary N) is 2. The first-order valence-corrected chi connectivity index (χ1v) is 9.79. The SMILES string of the molecule is CN=C(NCCCOC1CCOC1)NCc1cccc(Oc2ccccc2)c1.I. The van der Waals surface area contributed by atoms with E-state index in [0.717, 1.165) is 62.2 Å². The molecule has 1 aliphatic rings. The number of nitrogens with zero attached hydrogens (tertiary/aromatic N) is 1. The molecule has 0 aliphatic carbocycles. The van der Waals surface area contributed by atoms with Crippen molar-refractivity contribution in [2.75, 3.05) is 33.4 Å². The van der Waals surface area contributed by atoms with E-state index in [1.165, 1.54) is 0 Å². The third-order valence-corrected chi connectivity index (χ3v) is 4.42. The van der Waals surface area contributed by atoms with Crippen LogP contribution in [-0.2, 0) is 16.0 Å². The van der Waals surface area contributed by atoms with Crippen LogP contribution in [0.4, 0.5) is 0 Å². The molecule has 29 heavy (non-hydrogen) atoms. The van der Waals surface area contributed by atoms with Gasteiger partial charge in [-0.15, -0.1) is 24.0 Å². The molecule has 1 heterocycles. The highest BCUT2D eigenvalue weighted by Gasteiger charge is 2.15. The lowest BCUT2D eigenvalue weighted by Gasteiger charge is -2.14. The van der Waals surface area contributed by atoms with Crippen LogP contribution in [0.15, 0.2) is 59.6 Å². The van der Waals surface area contributed by atoms with E-state index in [9.17, 15) is 0 Å². The Labute approximate surface area is 190 Å². The minimum Gasteiger partial charge on any atom is -0.457 e. The molecule has 2 aromatic carbocycles. The van der Waals surface area contributed by atoms with Crippen LogP contribution in [-0.4, -0.2) is 45.5 Å². The fourth-order valence-electron chi connectivity index (χ4n) is 2.92. The summed E-state index contributed by atoms with van der Waals surface area (Å²) in [5.41, 5.74) is 1.13. The van der Waals surface area contributed by atoms with Crippen LogP contribution in [0.25, 0.3) is 0 Å². The molecule has 2 aromatic rings. The summed E-state index contributed by atoms with van der Waals surface area (Å²) in [7, 11) is 1.77. The standard InChI is InChI=1S/C22H29N3O3.HI/c1-23-22(24-12-6-13-27-21-11-14-26-17-21)25-16-18-7-5-10-20(15-18)28-19-8-3-2-4-9-19;/h2-5,7-10,15,21H,6,11-14,16-17H2,1H3,(H2,23,24,25);1H. The quantitative estimate of drug-likeness (QED) is 0.231. The lowest BCUT2D eigenvalue weighted by Crippen LogP contribution is -2.37. The molecule has 0 bridgehead atoms. The van der Waals surface area contributed by atoms with E-state index in [0.29, 0.717) is 6.54 Å². The number of aliphatic imine (C=N–C) groups is 1. The zero-order valence-corrected chi connectivity index (χ0v) is 19.1. The Hall–Kier alpha value is -1.84. The van der Waals surface area contributed by atoms with Crippen molar-refractivity contribution in [3.05, 3.63) is 60.2 Å². The number of benzene rings is 2. The molecule has 0 radical (unpaired) electrons. The van der Waals surface area contributed by atoms with Crippen LogP contribution in [0.5, 0.6) is 11.5 Å². The van der Waals surface area contributed by atoms with E-state index in [4.69, 9.17) is 14.2 Å². The Balaban J connectivity index is 0.00000300. The zero-order valence-electron chi connectivity index (χ0n) is 16.8. The van der Waals surface area contributed by atoms with Crippen molar-refractivity contribution in [1.29, 1.82) is 0 Å². The van der Waals surface area contributed by atoms with Gasteiger partial charge in [-0.1, -0.05) is 30.3 Å². The van der Waals surface area contributed by atoms with Gasteiger partial charge in [0.15, 0.2) is 5.96 Å². The van der Waals surface area contributed by atoms with Gasteiger partial charge in [-0.05, 0) is 42.7 Å². The highest BCUT2D eigenvalue weighted by Crippen LogP contribution is 2.21. The molecule has 1 atom stereocenters. The summed E-state index contributed by atoms with van der Waals surface area (Å²) < 4.78 is 17.0. The van der Waals surface area contributed by atoms with Crippen LogP contribution in [0.1, 0.15) is 18.4 Å². The maximum atomic E-state index is 5.89. The van der Waals surface area contributed by atoms with Crippen molar-refractivity contribution < 1.29 is 14.2 Å². The molecule has 1 unspecified atom stereocenters. The molecule has 0 saturated carbocycles. The van der Waals surface area contributed by atoms with E-state index in [1.54, 1.807) is 7.05 Å². The van der Waals surface area contributed by atoms with Crippen molar-refractivity contribution in [1.82, 2.24) is 10.6 Å². The fraction of sp³-hybridized carbons (Fsp3) is 0.409. The number of hydrogen-bond acceptors (Lipinski definition) is 4. The zero-order chi connectivity index (χ0) is 19.4. The summed E-state index contributed by atoms with van der Waals surface area (Å²) in [5, 5.41) is 6.65. The fourth-order valence-corrected chi connectivity index (χ4v) is 2.92. The molecule has 1 aliphatic heterocycles. The van der Waals surface area contributed by atoms with Gasteiger partial charge in [0.1, 0.15) is 11.5 Å². The van der Waals surface area contributed by atoms with Crippen LogP contribution in [0.3, 0.4) is 0 Å². The molecule has 7 heteroatoms. The predicted octanol–water partition coefficient (Wildman–Crippen LogP) is 3.96. The summed E-state index contributed by atoms with van der Waals surface area (Å²) in [5.74, 6) is 2.43. The molecule has 0 amide bonds. The van der Waals surface area contributed by atoms with Gasteiger partial charge >= 0.3 is 0 Å². The molecule has 1 saturated heterocycles. The number of rotatable bonds is 9. The third kappa shape index (κ3) is 8.59. The van der Waals surface area contributed by atoms with Gasteiger partial charge in [-0.3, -0.25) is 4.99 Å². The largest absolute Gasteiger partial charge is 0.457 e. The van der Waals surface area contributed by atoms with E-state index >= 15 is 0 Å². The van der Waals surface area contributed by atoms with Gasteiger partial charge in [0.25, 0.3) is 0 Å². The number of hydrogen-bond donors (Lipinski definition) is 2. The van der Waals surface area contributed by atoms with Crippen molar-refractivity contribution in [2.45, 2.75) is 25.5 Å². The first-order valence-electron chi connectivity index (χ1n) is 9.79. The lowest BCUT2D eigenvalue weighted by atomic mass is 10.2. The summed E-state index contributed by atoms with van der Waals surface area (Å²) in [6, 6.07) is 17.8. The Morgan fingerprint density at radius 2 is 1.93 bits per heavy atom. The summed E-state index contributed by atoms with van der Waals surface area (Å²) >= 11 is 0. The third-order valence-electron chi connectivity index (χ3n) is 4.42. The summed E-state index contributed by atoms with van der Waals surface area (Å²) in [4.78, 5) is 4.27. The molecule has 0 spiro atoms. The smallest absolute Gasteiger partial charge is 0.191 e. The number of halogens is 1. The Kier molecular flexibility index (Phi) is 10.8. The maximum absolute atomic E-state index is 5.89. The normalized spacial score (nSPS) is 16.2. The van der Waals surface area contributed by atoms with Crippen LogP contribution in [0.2, 0.25) is 0 Å². The molecule has 0 aromatic heterocycles. The van der Waals surface area contributed by atoms with E-state index < -0.39 is 0 Å². The monoisotopic (exact) mass is 511 g/mol. The highest BCUT2D eigenvalue weighted by molar-refractivity contribution is 14.0. The second kappa shape index (κ2) is 13.4. The first-order chi connectivity index (χ1) is 13.8. The van der Waals surface area contributed by atoms with Crippen LogP contribution in [0, 0.1) is 0 Å². The lowest BCUT2D eigenvalue weighted by molar-refractivity contribution is 0.0420. The van der Waals surface area contributed by atoms with Crippen molar-refractivity contribution in [2.24, 2.45) is 4.99 Å². The molecular weight excluding hydrogens is 481 g/mol. The van der Waals surface area contributed by atoms with E-state index in [2.05, 4.69) is 21.7 Å². The minimum atomic E-state index is 0. The molecule has 2 N–H and O–H groups in total. The van der Waals surface area contributed by atoms with Gasteiger partial charge in [0.05, 0.1) is 12.7 Å². The van der Waals surface area contributed by atoms with Crippen LogP contribution >= 0.6 is 24.0 Å². The highest BCUT2D eigenvalue weighted by atomic mass is 127. The number of para-hydroxylation sites is 1. The van der Waals surface area contributed by atoms with Gasteiger partial charge in [0.2, 0.25) is 0 Å². The maximum Gasteiger partial charge on any atom is 0.191 e. The Bertz CT molecular complexity index is 737. The molecule has 158 valence electrons. The average molecular weight is 511 g/mol. The van der Waals surface area contributed by atoms with E-state index in [1.807, 2.05) is 48.5 Å². The van der Waals surface area contributed by atoms with Gasteiger partial charge in [-0.2, -0.15) is 0 Å². The summed E-state index contributed by atoms with van der Waals surface area (Å²) in [6.07, 6.45) is 2.20. The summed E-state index contributed by atoms with van der Waals surface area (Å²) in [6.45, 7) is 3.75. The number of ether oxygens (including phenoxy) is 3. The molecular formula is C22H30IN3O3. The molecule has 1 fully saturated rings. The molecule has 3 rings (SSSR count). The van der Waals surface area contributed by atoms with Gasteiger partial charge in [-0.25, -0.2) is 0 Å². The van der Waals surface area contributed by atoms with Crippen molar-refractivity contribution in [3.8, 4) is 11.5 Å². The van der Waals surface area contributed by atoms with Gasteiger partial charge in [0, 0.05) is 33.4 Å². The Morgan fingerprint density at radius 3 is 2.69 bits per heavy atom. The van der Waals surface area contributed by atoms with Crippen LogP contribution < -0.4 is 15.4 Å².